The Morgan fingerprint density at radius 3 is 2.62 bits per heavy atom. The first-order chi connectivity index (χ1) is 11.5. The summed E-state index contributed by atoms with van der Waals surface area (Å²) < 4.78 is 0. The number of aryl methyl sites for hydroxylation is 1. The van der Waals surface area contributed by atoms with Gasteiger partial charge in [0.1, 0.15) is 5.75 Å². The fourth-order valence-electron chi connectivity index (χ4n) is 3.69. The molecule has 1 heterocycles. The van der Waals surface area contributed by atoms with Gasteiger partial charge in [-0.15, -0.1) is 0 Å². The summed E-state index contributed by atoms with van der Waals surface area (Å²) >= 11 is 0. The van der Waals surface area contributed by atoms with Crippen LogP contribution in [0.4, 0.5) is 0 Å². The zero-order valence-corrected chi connectivity index (χ0v) is 14.4. The van der Waals surface area contributed by atoms with Gasteiger partial charge in [0.15, 0.2) is 0 Å². The van der Waals surface area contributed by atoms with Crippen LogP contribution >= 0.6 is 0 Å². The first-order valence-electron chi connectivity index (χ1n) is 8.56. The number of aromatic hydroxyl groups is 1. The molecule has 1 N–H and O–H groups in total. The predicted octanol–water partition coefficient (Wildman–Crippen LogP) is 3.98. The average molecular weight is 323 g/mol. The van der Waals surface area contributed by atoms with E-state index >= 15 is 0 Å². The molecule has 0 bridgehead atoms. The number of phenols is 1. The van der Waals surface area contributed by atoms with Gasteiger partial charge in [0.2, 0.25) is 5.91 Å². The number of amides is 1. The summed E-state index contributed by atoms with van der Waals surface area (Å²) in [6.45, 7) is 6.07. The third kappa shape index (κ3) is 3.61. The number of carbonyl (C=O) groups excluding carboxylic acids is 1. The Morgan fingerprint density at radius 2 is 1.92 bits per heavy atom. The van der Waals surface area contributed by atoms with E-state index in [9.17, 15) is 9.90 Å². The summed E-state index contributed by atoms with van der Waals surface area (Å²) in [7, 11) is 0. The molecule has 1 amide bonds. The van der Waals surface area contributed by atoms with Crippen molar-refractivity contribution in [1.29, 1.82) is 0 Å². The van der Waals surface area contributed by atoms with Crippen LogP contribution in [0, 0.1) is 5.41 Å². The highest BCUT2D eigenvalue weighted by atomic mass is 16.3. The highest BCUT2D eigenvalue weighted by Gasteiger charge is 2.41. The second kappa shape index (κ2) is 6.68. The molecule has 126 valence electrons. The minimum absolute atomic E-state index is 0.0853. The molecular formula is C21H25NO2. The molecule has 3 nitrogen and oxygen atoms in total. The monoisotopic (exact) mass is 323 g/mol. The van der Waals surface area contributed by atoms with E-state index in [1.807, 2.05) is 23.1 Å². The average Bonchev–Trinajstić information content (AvgIpc) is 2.89. The SMILES string of the molecule is CC1(C)CN(C(=O)CCc2cccc(O)c2)CC1c1ccccc1. The molecule has 1 saturated heterocycles. The second-order valence-corrected chi connectivity index (χ2v) is 7.40. The molecule has 3 heteroatoms. The smallest absolute Gasteiger partial charge is 0.222 e. The van der Waals surface area contributed by atoms with Crippen LogP contribution in [0.5, 0.6) is 5.75 Å². The summed E-state index contributed by atoms with van der Waals surface area (Å²) in [5.41, 5.74) is 2.40. The number of rotatable bonds is 4. The van der Waals surface area contributed by atoms with Gasteiger partial charge in [0, 0.05) is 25.4 Å². The minimum Gasteiger partial charge on any atom is -0.508 e. The summed E-state index contributed by atoms with van der Waals surface area (Å²) in [4.78, 5) is 14.6. The molecule has 3 rings (SSSR count). The van der Waals surface area contributed by atoms with Crippen molar-refractivity contribution in [3.8, 4) is 5.75 Å². The van der Waals surface area contributed by atoms with E-state index in [1.165, 1.54) is 5.56 Å². The van der Waals surface area contributed by atoms with Crippen LogP contribution in [0.25, 0.3) is 0 Å². The van der Waals surface area contributed by atoms with E-state index in [4.69, 9.17) is 0 Å². The van der Waals surface area contributed by atoms with E-state index in [0.29, 0.717) is 18.8 Å². The third-order valence-electron chi connectivity index (χ3n) is 5.04. The number of nitrogens with zero attached hydrogens (tertiary/aromatic N) is 1. The van der Waals surface area contributed by atoms with E-state index < -0.39 is 0 Å². The van der Waals surface area contributed by atoms with E-state index in [1.54, 1.807) is 12.1 Å². The zero-order valence-electron chi connectivity index (χ0n) is 14.4. The topological polar surface area (TPSA) is 40.5 Å². The number of hydrogen-bond donors (Lipinski definition) is 1. The van der Waals surface area contributed by atoms with Gasteiger partial charge in [0.25, 0.3) is 0 Å². The molecule has 0 radical (unpaired) electrons. The summed E-state index contributed by atoms with van der Waals surface area (Å²) in [6, 6.07) is 17.6. The molecule has 1 aliphatic rings. The standard InChI is InChI=1S/C21H25NO2/c1-21(2)15-22(14-19(21)17-8-4-3-5-9-17)20(24)12-11-16-7-6-10-18(23)13-16/h3-10,13,19,23H,11-12,14-15H2,1-2H3. The number of carbonyl (C=O) groups is 1. The Balaban J connectivity index is 1.64. The Morgan fingerprint density at radius 1 is 1.17 bits per heavy atom. The van der Waals surface area contributed by atoms with Gasteiger partial charge in [-0.05, 0) is 35.1 Å². The molecule has 1 unspecified atom stereocenters. The maximum Gasteiger partial charge on any atom is 0.222 e. The summed E-state index contributed by atoms with van der Waals surface area (Å²) in [5.74, 6) is 0.833. The van der Waals surface area contributed by atoms with Crippen molar-refractivity contribution < 1.29 is 9.90 Å². The van der Waals surface area contributed by atoms with Crippen molar-refractivity contribution in [3.05, 3.63) is 65.7 Å². The summed E-state index contributed by atoms with van der Waals surface area (Å²) in [5, 5.41) is 9.52. The maximum atomic E-state index is 12.6. The van der Waals surface area contributed by atoms with Crippen molar-refractivity contribution in [2.45, 2.75) is 32.6 Å². The van der Waals surface area contributed by atoms with Gasteiger partial charge >= 0.3 is 0 Å². The van der Waals surface area contributed by atoms with Gasteiger partial charge in [-0.2, -0.15) is 0 Å². The minimum atomic E-state index is 0.0853. The lowest BCUT2D eigenvalue weighted by molar-refractivity contribution is -0.130. The predicted molar refractivity (Wildman–Crippen MR) is 96.0 cm³/mol. The molecule has 24 heavy (non-hydrogen) atoms. The van der Waals surface area contributed by atoms with Crippen molar-refractivity contribution in [2.75, 3.05) is 13.1 Å². The van der Waals surface area contributed by atoms with Gasteiger partial charge in [-0.25, -0.2) is 0 Å². The van der Waals surface area contributed by atoms with Crippen LogP contribution in [0.2, 0.25) is 0 Å². The van der Waals surface area contributed by atoms with Gasteiger partial charge in [0.05, 0.1) is 0 Å². The number of hydrogen-bond acceptors (Lipinski definition) is 2. The molecule has 2 aromatic rings. The molecule has 2 aromatic carbocycles. The van der Waals surface area contributed by atoms with Crippen molar-refractivity contribution >= 4 is 5.91 Å². The molecule has 1 atom stereocenters. The van der Waals surface area contributed by atoms with Crippen LogP contribution < -0.4 is 0 Å². The Labute approximate surface area is 143 Å². The second-order valence-electron chi connectivity index (χ2n) is 7.40. The molecule has 1 aliphatic heterocycles. The fraction of sp³-hybridized carbons (Fsp3) is 0.381. The molecule has 0 aliphatic carbocycles. The van der Waals surface area contributed by atoms with Crippen molar-refractivity contribution in [3.63, 3.8) is 0 Å². The molecular weight excluding hydrogens is 298 g/mol. The quantitative estimate of drug-likeness (QED) is 0.924. The molecule has 0 aromatic heterocycles. The van der Waals surface area contributed by atoms with E-state index in [0.717, 1.165) is 18.7 Å². The lowest BCUT2D eigenvalue weighted by Gasteiger charge is -2.25. The Bertz CT molecular complexity index is 709. The first-order valence-corrected chi connectivity index (χ1v) is 8.56. The van der Waals surface area contributed by atoms with Crippen LogP contribution in [0.3, 0.4) is 0 Å². The van der Waals surface area contributed by atoms with E-state index in [-0.39, 0.29) is 17.1 Å². The van der Waals surface area contributed by atoms with Crippen LogP contribution in [0.1, 0.15) is 37.3 Å². The summed E-state index contributed by atoms with van der Waals surface area (Å²) in [6.07, 6.45) is 1.15. The first kappa shape index (κ1) is 16.6. The van der Waals surface area contributed by atoms with Crippen LogP contribution in [-0.2, 0) is 11.2 Å². The Hall–Kier alpha value is -2.29. The van der Waals surface area contributed by atoms with Crippen molar-refractivity contribution in [2.24, 2.45) is 5.41 Å². The highest BCUT2D eigenvalue weighted by molar-refractivity contribution is 5.77. The number of likely N-dealkylation sites (tertiary alicyclic amines) is 1. The van der Waals surface area contributed by atoms with Crippen LogP contribution in [-0.4, -0.2) is 29.0 Å². The lowest BCUT2D eigenvalue weighted by Crippen LogP contribution is -2.30. The fourth-order valence-corrected chi connectivity index (χ4v) is 3.69. The molecule has 0 saturated carbocycles. The maximum absolute atomic E-state index is 12.6. The lowest BCUT2D eigenvalue weighted by atomic mass is 9.78. The molecule has 1 fully saturated rings. The zero-order chi connectivity index (χ0) is 17.2. The number of phenolic OH excluding ortho intramolecular Hbond substituents is 1. The number of benzene rings is 2. The van der Waals surface area contributed by atoms with Crippen molar-refractivity contribution in [1.82, 2.24) is 4.90 Å². The van der Waals surface area contributed by atoms with Gasteiger partial charge < -0.3 is 10.0 Å². The van der Waals surface area contributed by atoms with Gasteiger partial charge in [-0.1, -0.05) is 56.3 Å². The highest BCUT2D eigenvalue weighted by Crippen LogP contribution is 2.42. The Kier molecular flexibility index (Phi) is 4.61. The van der Waals surface area contributed by atoms with E-state index in [2.05, 4.69) is 38.1 Å². The normalized spacial score (nSPS) is 19.4. The van der Waals surface area contributed by atoms with Gasteiger partial charge in [-0.3, -0.25) is 4.79 Å². The third-order valence-corrected chi connectivity index (χ3v) is 5.04. The molecule has 0 spiro atoms. The van der Waals surface area contributed by atoms with Crippen LogP contribution in [0.15, 0.2) is 54.6 Å². The largest absolute Gasteiger partial charge is 0.508 e.